The molecule has 1 aliphatic heterocycles. The van der Waals surface area contributed by atoms with Crippen LogP contribution in [0.15, 0.2) is 24.3 Å². The predicted octanol–water partition coefficient (Wildman–Crippen LogP) is 2.72. The summed E-state index contributed by atoms with van der Waals surface area (Å²) in [7, 11) is 0. The minimum Gasteiger partial charge on any atom is -0.504 e. The Morgan fingerprint density at radius 1 is 1.08 bits per heavy atom. The second-order valence-corrected chi connectivity index (χ2v) is 9.82. The van der Waals surface area contributed by atoms with E-state index in [0.29, 0.717) is 18.6 Å². The molecule has 0 saturated carbocycles. The molecule has 1 aliphatic rings. The molecule has 3 unspecified atom stereocenters. The molecule has 200 valence electrons. The maximum absolute atomic E-state index is 12.8. The van der Waals surface area contributed by atoms with Crippen LogP contribution in [0.2, 0.25) is 0 Å². The fourth-order valence-electron chi connectivity index (χ4n) is 3.50. The second-order valence-electron chi connectivity index (χ2n) is 9.82. The van der Waals surface area contributed by atoms with Gasteiger partial charge in [0.2, 0.25) is 0 Å². The number of hydrogen-bond donors (Lipinski definition) is 3. The maximum atomic E-state index is 12.8. The van der Waals surface area contributed by atoms with Crippen LogP contribution in [0.5, 0.6) is 11.5 Å². The number of phenolic OH excluding ortho intramolecular Hbond substituents is 2. The van der Waals surface area contributed by atoms with Crippen molar-refractivity contribution < 1.29 is 48.7 Å². The average molecular weight is 509 g/mol. The van der Waals surface area contributed by atoms with Crippen molar-refractivity contribution >= 4 is 24.0 Å². The Kier molecular flexibility index (Phi) is 10.3. The van der Waals surface area contributed by atoms with Crippen LogP contribution in [0.25, 0.3) is 6.08 Å². The Bertz CT molecular complexity index is 950. The first kappa shape index (κ1) is 29.1. The molecular formula is C26H36O10. The molecule has 1 fully saturated rings. The van der Waals surface area contributed by atoms with Crippen molar-refractivity contribution in [3.05, 3.63) is 29.8 Å². The van der Waals surface area contributed by atoms with E-state index in [4.69, 9.17) is 18.9 Å². The summed E-state index contributed by atoms with van der Waals surface area (Å²) in [5.74, 6) is -2.11. The molecule has 1 aromatic carbocycles. The summed E-state index contributed by atoms with van der Waals surface area (Å²) in [6.45, 7) is 6.96. The molecule has 0 aliphatic carbocycles. The number of aromatic hydroxyl groups is 2. The summed E-state index contributed by atoms with van der Waals surface area (Å²) in [4.78, 5) is 37.1. The molecule has 0 radical (unpaired) electrons. The minimum atomic E-state index is -1.21. The van der Waals surface area contributed by atoms with Crippen molar-refractivity contribution in [2.24, 2.45) is 10.8 Å². The van der Waals surface area contributed by atoms with Gasteiger partial charge >= 0.3 is 17.9 Å². The summed E-state index contributed by atoms with van der Waals surface area (Å²) in [6.07, 6.45) is 2.33. The third kappa shape index (κ3) is 9.16. The zero-order chi connectivity index (χ0) is 26.9. The lowest BCUT2D eigenvalue weighted by molar-refractivity contribution is -0.166. The van der Waals surface area contributed by atoms with Crippen LogP contribution in [0.3, 0.4) is 0 Å². The van der Waals surface area contributed by atoms with E-state index in [1.165, 1.54) is 18.2 Å². The molecule has 1 aromatic rings. The van der Waals surface area contributed by atoms with Gasteiger partial charge in [0, 0.05) is 0 Å². The van der Waals surface area contributed by atoms with Crippen LogP contribution < -0.4 is 0 Å². The van der Waals surface area contributed by atoms with Gasteiger partial charge in [-0.05, 0) is 51.3 Å². The van der Waals surface area contributed by atoms with Crippen molar-refractivity contribution in [2.45, 2.75) is 59.2 Å². The molecule has 10 heteroatoms. The van der Waals surface area contributed by atoms with Gasteiger partial charge in [0.05, 0.1) is 23.9 Å². The highest BCUT2D eigenvalue weighted by Gasteiger charge is 2.43. The fourth-order valence-corrected chi connectivity index (χ4v) is 3.50. The number of carbonyl (C=O) groups excluding carboxylic acids is 3. The lowest BCUT2D eigenvalue weighted by atomic mass is 9.72. The van der Waals surface area contributed by atoms with Gasteiger partial charge in [-0.15, -0.1) is 0 Å². The summed E-state index contributed by atoms with van der Waals surface area (Å²) in [5.41, 5.74) is -1.33. The molecule has 0 spiro atoms. The molecule has 3 N–H and O–H groups in total. The SMILES string of the molecule is CCC(C)(CC(C)(C)C(=O)OCC1CO1)C(=O)OCC(O)COC(=O)C/C=C/c1ccc(O)c(O)c1. The number of ether oxygens (including phenoxy) is 4. The molecule has 0 amide bonds. The fraction of sp³-hybridized carbons (Fsp3) is 0.577. The van der Waals surface area contributed by atoms with E-state index in [2.05, 4.69) is 0 Å². The van der Waals surface area contributed by atoms with E-state index in [1.54, 1.807) is 32.9 Å². The normalized spacial score (nSPS) is 17.8. The molecule has 0 aromatic heterocycles. The minimum absolute atomic E-state index is 0.0485. The van der Waals surface area contributed by atoms with Crippen LogP contribution in [0, 0.1) is 10.8 Å². The molecule has 1 saturated heterocycles. The number of aliphatic hydroxyl groups is 1. The van der Waals surface area contributed by atoms with Gasteiger partial charge in [-0.1, -0.05) is 25.1 Å². The zero-order valence-corrected chi connectivity index (χ0v) is 21.2. The van der Waals surface area contributed by atoms with Crippen LogP contribution in [-0.2, 0) is 33.3 Å². The first-order chi connectivity index (χ1) is 16.9. The first-order valence-electron chi connectivity index (χ1n) is 11.8. The molecular weight excluding hydrogens is 472 g/mol. The number of esters is 3. The highest BCUT2D eigenvalue weighted by molar-refractivity contribution is 5.80. The Balaban J connectivity index is 1.75. The number of carbonyl (C=O) groups is 3. The highest BCUT2D eigenvalue weighted by Crippen LogP contribution is 2.38. The van der Waals surface area contributed by atoms with Crippen LogP contribution >= 0.6 is 0 Å². The summed E-state index contributed by atoms with van der Waals surface area (Å²) >= 11 is 0. The number of benzene rings is 1. The highest BCUT2D eigenvalue weighted by atomic mass is 16.6. The third-order valence-corrected chi connectivity index (χ3v) is 5.90. The lowest BCUT2D eigenvalue weighted by Crippen LogP contribution is -2.40. The van der Waals surface area contributed by atoms with Crippen molar-refractivity contribution in [3.63, 3.8) is 0 Å². The van der Waals surface area contributed by atoms with E-state index >= 15 is 0 Å². The molecule has 0 bridgehead atoms. The van der Waals surface area contributed by atoms with Gasteiger partial charge < -0.3 is 34.3 Å². The van der Waals surface area contributed by atoms with E-state index in [-0.39, 0.29) is 50.3 Å². The number of aliphatic hydroxyl groups excluding tert-OH is 1. The Morgan fingerprint density at radius 2 is 1.75 bits per heavy atom. The first-order valence-corrected chi connectivity index (χ1v) is 11.8. The van der Waals surface area contributed by atoms with Gasteiger partial charge in [0.25, 0.3) is 0 Å². The molecule has 10 nitrogen and oxygen atoms in total. The molecule has 3 atom stereocenters. The maximum Gasteiger partial charge on any atom is 0.311 e. The van der Waals surface area contributed by atoms with E-state index in [9.17, 15) is 29.7 Å². The van der Waals surface area contributed by atoms with Crippen molar-refractivity contribution in [1.82, 2.24) is 0 Å². The van der Waals surface area contributed by atoms with E-state index in [0.717, 1.165) is 0 Å². The topological polar surface area (TPSA) is 152 Å². The zero-order valence-electron chi connectivity index (χ0n) is 21.2. The summed E-state index contributed by atoms with van der Waals surface area (Å²) in [6, 6.07) is 4.23. The standard InChI is InChI=1S/C26H36O10/c1-5-26(4,16-25(2,3)23(31)36-15-19-14-33-19)24(32)35-13-18(27)12-34-22(30)8-6-7-17-9-10-20(28)21(29)11-17/h6-7,9-11,18-19,27-29H,5,8,12-16H2,1-4H3/b7-6+. The summed E-state index contributed by atoms with van der Waals surface area (Å²) in [5, 5.41) is 28.9. The lowest BCUT2D eigenvalue weighted by Gasteiger charge is -2.33. The van der Waals surface area contributed by atoms with Gasteiger partial charge in [-0.3, -0.25) is 14.4 Å². The van der Waals surface area contributed by atoms with Crippen molar-refractivity contribution in [3.8, 4) is 11.5 Å². The quantitative estimate of drug-likeness (QED) is 0.148. The van der Waals surface area contributed by atoms with Gasteiger partial charge in [0.15, 0.2) is 11.5 Å². The molecule has 1 heterocycles. The van der Waals surface area contributed by atoms with Crippen LogP contribution in [0.4, 0.5) is 0 Å². The monoisotopic (exact) mass is 508 g/mol. The number of hydrogen-bond acceptors (Lipinski definition) is 10. The number of phenols is 2. The van der Waals surface area contributed by atoms with Crippen molar-refractivity contribution in [2.75, 3.05) is 26.4 Å². The van der Waals surface area contributed by atoms with Gasteiger partial charge in [-0.25, -0.2) is 0 Å². The Hall–Kier alpha value is -3.11. The smallest absolute Gasteiger partial charge is 0.311 e. The van der Waals surface area contributed by atoms with Crippen LogP contribution in [-0.4, -0.2) is 71.9 Å². The summed E-state index contributed by atoms with van der Waals surface area (Å²) < 4.78 is 20.6. The number of epoxide rings is 1. The predicted molar refractivity (Wildman–Crippen MR) is 129 cm³/mol. The Morgan fingerprint density at radius 3 is 2.36 bits per heavy atom. The van der Waals surface area contributed by atoms with E-state index < -0.39 is 34.8 Å². The largest absolute Gasteiger partial charge is 0.504 e. The van der Waals surface area contributed by atoms with E-state index in [1.807, 2.05) is 6.92 Å². The molecule has 36 heavy (non-hydrogen) atoms. The molecule has 2 rings (SSSR count). The van der Waals surface area contributed by atoms with Crippen LogP contribution in [0.1, 0.15) is 52.5 Å². The van der Waals surface area contributed by atoms with Gasteiger partial charge in [-0.2, -0.15) is 0 Å². The average Bonchev–Trinajstić information content (AvgIpc) is 3.66. The second kappa shape index (κ2) is 12.7. The third-order valence-electron chi connectivity index (χ3n) is 5.90. The van der Waals surface area contributed by atoms with Gasteiger partial charge in [0.1, 0.15) is 32.0 Å². The Labute approximate surface area is 210 Å². The van der Waals surface area contributed by atoms with Crippen molar-refractivity contribution in [1.29, 1.82) is 0 Å². The number of rotatable bonds is 14.